The number of hydrogen-bond donors (Lipinski definition) is 0. The molecular weight excluding hydrogens is 160 g/mol. The summed E-state index contributed by atoms with van der Waals surface area (Å²) in [7, 11) is 0. The van der Waals surface area contributed by atoms with Crippen LogP contribution in [-0.2, 0) is 0 Å². The first-order chi connectivity index (χ1) is 6.24. The largest absolute Gasteiger partial charge is 0.359 e. The van der Waals surface area contributed by atoms with Crippen molar-refractivity contribution in [1.82, 2.24) is 9.80 Å². The SMILES string of the molecule is CCCCCN1C=CN(C(C)C)C1. The maximum absolute atomic E-state index is 2.40. The number of unbranched alkanes of at least 4 members (excludes halogenated alkanes) is 2. The number of hydrogen-bond acceptors (Lipinski definition) is 2. The summed E-state index contributed by atoms with van der Waals surface area (Å²) < 4.78 is 0. The van der Waals surface area contributed by atoms with E-state index in [0.717, 1.165) is 6.67 Å². The van der Waals surface area contributed by atoms with Gasteiger partial charge < -0.3 is 9.80 Å². The van der Waals surface area contributed by atoms with E-state index >= 15 is 0 Å². The van der Waals surface area contributed by atoms with Crippen molar-refractivity contribution in [2.45, 2.75) is 46.1 Å². The van der Waals surface area contributed by atoms with E-state index in [9.17, 15) is 0 Å². The van der Waals surface area contributed by atoms with E-state index in [0.29, 0.717) is 6.04 Å². The van der Waals surface area contributed by atoms with Crippen LogP contribution in [0.2, 0.25) is 0 Å². The monoisotopic (exact) mass is 182 g/mol. The highest BCUT2D eigenvalue weighted by Crippen LogP contribution is 2.11. The Labute approximate surface area is 82.2 Å². The van der Waals surface area contributed by atoms with E-state index < -0.39 is 0 Å². The van der Waals surface area contributed by atoms with E-state index in [4.69, 9.17) is 0 Å². The summed E-state index contributed by atoms with van der Waals surface area (Å²) in [5.41, 5.74) is 0. The lowest BCUT2D eigenvalue weighted by Gasteiger charge is -2.24. The van der Waals surface area contributed by atoms with Crippen molar-refractivity contribution in [3.05, 3.63) is 12.4 Å². The Morgan fingerprint density at radius 3 is 2.54 bits per heavy atom. The van der Waals surface area contributed by atoms with E-state index in [1.807, 2.05) is 0 Å². The third-order valence-electron chi connectivity index (χ3n) is 2.53. The van der Waals surface area contributed by atoms with Crippen LogP contribution in [0.3, 0.4) is 0 Å². The van der Waals surface area contributed by atoms with Gasteiger partial charge in [-0.2, -0.15) is 0 Å². The molecule has 1 aliphatic rings. The number of rotatable bonds is 5. The summed E-state index contributed by atoms with van der Waals surface area (Å²) in [6.07, 6.45) is 8.41. The standard InChI is InChI=1S/C11H22N2/c1-4-5-6-7-12-8-9-13(10-12)11(2)3/h8-9,11H,4-7,10H2,1-3H3. The zero-order valence-corrected chi connectivity index (χ0v) is 9.16. The molecule has 0 aliphatic carbocycles. The molecule has 0 spiro atoms. The highest BCUT2D eigenvalue weighted by molar-refractivity contribution is 4.91. The Balaban J connectivity index is 2.15. The first kappa shape index (κ1) is 10.4. The third kappa shape index (κ3) is 3.29. The zero-order chi connectivity index (χ0) is 9.68. The van der Waals surface area contributed by atoms with Crippen LogP contribution in [0.1, 0.15) is 40.0 Å². The van der Waals surface area contributed by atoms with Crippen LogP contribution in [0.4, 0.5) is 0 Å². The van der Waals surface area contributed by atoms with Crippen molar-refractivity contribution in [1.29, 1.82) is 0 Å². The molecule has 1 rings (SSSR count). The lowest BCUT2D eigenvalue weighted by Crippen LogP contribution is -2.30. The van der Waals surface area contributed by atoms with Crippen molar-refractivity contribution in [3.63, 3.8) is 0 Å². The third-order valence-corrected chi connectivity index (χ3v) is 2.53. The summed E-state index contributed by atoms with van der Waals surface area (Å²) in [5, 5.41) is 0. The Kier molecular flexibility index (Phi) is 4.13. The fraction of sp³-hybridized carbons (Fsp3) is 0.818. The van der Waals surface area contributed by atoms with Gasteiger partial charge in [-0.25, -0.2) is 0 Å². The fourth-order valence-electron chi connectivity index (χ4n) is 1.53. The maximum atomic E-state index is 2.40. The Bertz CT molecular complexity index is 163. The summed E-state index contributed by atoms with van der Waals surface area (Å²) in [6, 6.07) is 0.632. The highest BCUT2D eigenvalue weighted by Gasteiger charge is 2.13. The Hall–Kier alpha value is -0.660. The van der Waals surface area contributed by atoms with Crippen molar-refractivity contribution in [2.24, 2.45) is 0 Å². The van der Waals surface area contributed by atoms with Crippen LogP contribution in [-0.4, -0.2) is 29.1 Å². The van der Waals surface area contributed by atoms with Gasteiger partial charge in [0.1, 0.15) is 0 Å². The van der Waals surface area contributed by atoms with Crippen molar-refractivity contribution < 1.29 is 0 Å². The van der Waals surface area contributed by atoms with Gasteiger partial charge in [-0.15, -0.1) is 0 Å². The molecule has 2 nitrogen and oxygen atoms in total. The molecule has 0 N–H and O–H groups in total. The van der Waals surface area contributed by atoms with Crippen molar-refractivity contribution >= 4 is 0 Å². The second-order valence-corrected chi connectivity index (χ2v) is 4.07. The summed E-state index contributed by atoms with van der Waals surface area (Å²) in [6.45, 7) is 9.02. The minimum Gasteiger partial charge on any atom is -0.359 e. The van der Waals surface area contributed by atoms with E-state index in [-0.39, 0.29) is 0 Å². The smallest absolute Gasteiger partial charge is 0.0896 e. The molecule has 1 heterocycles. The zero-order valence-electron chi connectivity index (χ0n) is 9.16. The molecule has 0 unspecified atom stereocenters. The molecule has 0 atom stereocenters. The van der Waals surface area contributed by atoms with Gasteiger partial charge in [0, 0.05) is 25.0 Å². The Morgan fingerprint density at radius 1 is 1.23 bits per heavy atom. The predicted octanol–water partition coefficient (Wildman–Crippen LogP) is 2.63. The molecule has 0 saturated carbocycles. The van der Waals surface area contributed by atoms with E-state index in [2.05, 4.69) is 43.0 Å². The number of nitrogens with zero attached hydrogens (tertiary/aromatic N) is 2. The van der Waals surface area contributed by atoms with Crippen LogP contribution in [0.25, 0.3) is 0 Å². The van der Waals surface area contributed by atoms with Crippen LogP contribution in [0.5, 0.6) is 0 Å². The van der Waals surface area contributed by atoms with Crippen LogP contribution < -0.4 is 0 Å². The van der Waals surface area contributed by atoms with Crippen LogP contribution in [0.15, 0.2) is 12.4 Å². The van der Waals surface area contributed by atoms with Crippen LogP contribution in [0, 0.1) is 0 Å². The molecule has 0 aromatic carbocycles. The van der Waals surface area contributed by atoms with E-state index in [1.54, 1.807) is 0 Å². The summed E-state index contributed by atoms with van der Waals surface area (Å²) in [5.74, 6) is 0. The van der Waals surface area contributed by atoms with E-state index in [1.165, 1.54) is 25.8 Å². The van der Waals surface area contributed by atoms with Gasteiger partial charge in [0.15, 0.2) is 0 Å². The average molecular weight is 182 g/mol. The summed E-state index contributed by atoms with van der Waals surface area (Å²) in [4.78, 5) is 4.77. The van der Waals surface area contributed by atoms with Gasteiger partial charge in [-0.3, -0.25) is 0 Å². The molecule has 0 radical (unpaired) electrons. The molecular formula is C11H22N2. The first-order valence-corrected chi connectivity index (χ1v) is 5.42. The molecule has 13 heavy (non-hydrogen) atoms. The molecule has 1 aliphatic heterocycles. The van der Waals surface area contributed by atoms with Gasteiger partial charge in [-0.1, -0.05) is 19.8 Å². The topological polar surface area (TPSA) is 6.48 Å². The molecule has 76 valence electrons. The Morgan fingerprint density at radius 2 is 2.00 bits per heavy atom. The average Bonchev–Trinajstić information content (AvgIpc) is 2.53. The second kappa shape index (κ2) is 5.15. The molecule has 0 amide bonds. The molecule has 0 saturated heterocycles. The summed E-state index contributed by atoms with van der Waals surface area (Å²) >= 11 is 0. The van der Waals surface area contributed by atoms with Crippen molar-refractivity contribution in [3.8, 4) is 0 Å². The molecule has 0 aromatic rings. The normalized spacial score (nSPS) is 16.3. The molecule has 0 aromatic heterocycles. The minimum atomic E-state index is 0.632. The molecule has 0 fully saturated rings. The fourth-order valence-corrected chi connectivity index (χ4v) is 1.53. The lowest BCUT2D eigenvalue weighted by molar-refractivity contribution is 0.228. The first-order valence-electron chi connectivity index (χ1n) is 5.42. The minimum absolute atomic E-state index is 0.632. The van der Waals surface area contributed by atoms with Gasteiger partial charge in [0.05, 0.1) is 6.67 Å². The maximum Gasteiger partial charge on any atom is 0.0896 e. The quantitative estimate of drug-likeness (QED) is 0.603. The van der Waals surface area contributed by atoms with Crippen LogP contribution >= 0.6 is 0 Å². The predicted molar refractivity (Wildman–Crippen MR) is 57.2 cm³/mol. The van der Waals surface area contributed by atoms with Crippen molar-refractivity contribution in [2.75, 3.05) is 13.2 Å². The van der Waals surface area contributed by atoms with Gasteiger partial charge in [0.2, 0.25) is 0 Å². The molecule has 2 heteroatoms. The van der Waals surface area contributed by atoms with Gasteiger partial charge in [0.25, 0.3) is 0 Å². The second-order valence-electron chi connectivity index (χ2n) is 4.07. The van der Waals surface area contributed by atoms with Gasteiger partial charge >= 0.3 is 0 Å². The lowest BCUT2D eigenvalue weighted by atomic mass is 10.2. The van der Waals surface area contributed by atoms with Gasteiger partial charge in [-0.05, 0) is 20.3 Å². The molecule has 0 bridgehead atoms. The highest BCUT2D eigenvalue weighted by atomic mass is 15.3.